The lowest BCUT2D eigenvalue weighted by molar-refractivity contribution is -0.142. The summed E-state index contributed by atoms with van der Waals surface area (Å²) in [4.78, 5) is 11.0. The average molecular weight is 265 g/mol. The van der Waals surface area contributed by atoms with Crippen molar-refractivity contribution in [3.8, 4) is 0 Å². The van der Waals surface area contributed by atoms with Gasteiger partial charge in [-0.2, -0.15) is 0 Å². The summed E-state index contributed by atoms with van der Waals surface area (Å²) in [5.41, 5.74) is 4.99. The Bertz CT molecular complexity index is 420. The molecule has 0 aliphatic rings. The van der Waals surface area contributed by atoms with Crippen molar-refractivity contribution in [1.82, 2.24) is 5.32 Å². The quantitative estimate of drug-likeness (QED) is 0.768. The van der Waals surface area contributed by atoms with Gasteiger partial charge in [-0.25, -0.2) is 0 Å². The molecule has 0 spiro atoms. The molecule has 1 unspecified atom stereocenters. The lowest BCUT2D eigenvalue weighted by Crippen LogP contribution is -2.29. The highest BCUT2D eigenvalue weighted by molar-refractivity contribution is 5.69. The second kappa shape index (κ2) is 7.26. The van der Waals surface area contributed by atoms with Gasteiger partial charge in [0.2, 0.25) is 0 Å². The third-order valence-corrected chi connectivity index (χ3v) is 3.15. The molecule has 0 aliphatic carbocycles. The van der Waals surface area contributed by atoms with E-state index in [1.165, 1.54) is 29.4 Å². The highest BCUT2D eigenvalue weighted by atomic mass is 16.5. The number of nitrogens with one attached hydrogen (secondary N) is 1. The summed E-state index contributed by atoms with van der Waals surface area (Å²) in [6, 6.07) is 4.30. The number of aryl methyl sites for hydroxylation is 3. The molecule has 1 aromatic rings. The second-order valence-electron chi connectivity index (χ2n) is 4.94. The van der Waals surface area contributed by atoms with Crippen molar-refractivity contribution in [2.45, 2.75) is 39.8 Å². The molecule has 2 N–H and O–H groups in total. The fourth-order valence-electron chi connectivity index (χ4n) is 2.20. The van der Waals surface area contributed by atoms with E-state index in [2.05, 4.69) is 43.0 Å². The molecule has 106 valence electrons. The lowest BCUT2D eigenvalue weighted by Gasteiger charge is -2.14. The summed E-state index contributed by atoms with van der Waals surface area (Å²) in [6.45, 7) is 7.32. The molecule has 0 heterocycles. The van der Waals surface area contributed by atoms with E-state index in [0.717, 1.165) is 0 Å². The Hall–Kier alpha value is -1.39. The maximum absolute atomic E-state index is 11.0. The van der Waals surface area contributed by atoms with E-state index in [1.54, 1.807) is 0 Å². The van der Waals surface area contributed by atoms with Crippen LogP contribution in [0.4, 0.5) is 0 Å². The van der Waals surface area contributed by atoms with Crippen molar-refractivity contribution in [2.75, 3.05) is 13.7 Å². The van der Waals surface area contributed by atoms with Gasteiger partial charge in [0, 0.05) is 13.1 Å². The summed E-state index contributed by atoms with van der Waals surface area (Å²) < 4.78 is 4.51. The number of methoxy groups -OCH3 is 1. The molecule has 0 aliphatic heterocycles. The van der Waals surface area contributed by atoms with Gasteiger partial charge in [0.15, 0.2) is 0 Å². The van der Waals surface area contributed by atoms with Crippen LogP contribution >= 0.6 is 0 Å². The van der Waals surface area contributed by atoms with Crippen LogP contribution in [0.25, 0.3) is 0 Å². The van der Waals surface area contributed by atoms with Gasteiger partial charge in [0.1, 0.15) is 0 Å². The molecule has 0 saturated heterocycles. The highest BCUT2D eigenvalue weighted by Crippen LogP contribution is 2.15. The van der Waals surface area contributed by atoms with Crippen LogP contribution < -0.4 is 5.32 Å². The summed E-state index contributed by atoms with van der Waals surface area (Å²) in [6.07, 6.45) is -0.687. The third-order valence-electron chi connectivity index (χ3n) is 3.15. The summed E-state index contributed by atoms with van der Waals surface area (Å²) in [5, 5.41) is 12.8. The molecule has 1 rings (SSSR count). The van der Waals surface area contributed by atoms with Gasteiger partial charge in [0.05, 0.1) is 19.6 Å². The van der Waals surface area contributed by atoms with Crippen molar-refractivity contribution in [1.29, 1.82) is 0 Å². The predicted octanol–water partition coefficient (Wildman–Crippen LogP) is 1.63. The molecule has 1 atom stereocenters. The van der Waals surface area contributed by atoms with Crippen LogP contribution in [0.15, 0.2) is 12.1 Å². The zero-order valence-electron chi connectivity index (χ0n) is 12.1. The number of aliphatic hydroxyl groups is 1. The molecular weight excluding hydrogens is 242 g/mol. The van der Waals surface area contributed by atoms with E-state index in [-0.39, 0.29) is 6.42 Å². The van der Waals surface area contributed by atoms with Crippen LogP contribution in [0.2, 0.25) is 0 Å². The fraction of sp³-hybridized carbons (Fsp3) is 0.533. The Morgan fingerprint density at radius 1 is 1.32 bits per heavy atom. The van der Waals surface area contributed by atoms with E-state index in [1.807, 2.05) is 0 Å². The van der Waals surface area contributed by atoms with Gasteiger partial charge in [-0.1, -0.05) is 17.7 Å². The lowest BCUT2D eigenvalue weighted by atomic mass is 10.00. The van der Waals surface area contributed by atoms with Gasteiger partial charge < -0.3 is 15.2 Å². The molecular formula is C15H23NO3. The predicted molar refractivity (Wildman–Crippen MR) is 75.0 cm³/mol. The van der Waals surface area contributed by atoms with Crippen LogP contribution in [0.1, 0.15) is 28.7 Å². The number of benzene rings is 1. The number of rotatable bonds is 6. The number of carbonyl (C=O) groups is 1. The fourth-order valence-corrected chi connectivity index (χ4v) is 2.20. The van der Waals surface area contributed by atoms with Gasteiger partial charge in [-0.15, -0.1) is 0 Å². The summed E-state index contributed by atoms with van der Waals surface area (Å²) >= 11 is 0. The van der Waals surface area contributed by atoms with Crippen LogP contribution in [-0.4, -0.2) is 30.8 Å². The van der Waals surface area contributed by atoms with Crippen LogP contribution in [0, 0.1) is 20.8 Å². The van der Waals surface area contributed by atoms with Crippen LogP contribution in [-0.2, 0) is 16.1 Å². The summed E-state index contributed by atoms with van der Waals surface area (Å²) in [7, 11) is 1.32. The average Bonchev–Trinajstić information content (AvgIpc) is 2.32. The van der Waals surface area contributed by atoms with E-state index in [0.29, 0.717) is 13.1 Å². The van der Waals surface area contributed by atoms with Crippen molar-refractivity contribution in [3.05, 3.63) is 34.4 Å². The third kappa shape index (κ3) is 5.01. The first-order valence-electron chi connectivity index (χ1n) is 6.46. The normalized spacial score (nSPS) is 12.3. The minimum absolute atomic E-state index is 0.0232. The Morgan fingerprint density at radius 2 is 1.89 bits per heavy atom. The maximum Gasteiger partial charge on any atom is 0.308 e. The van der Waals surface area contributed by atoms with Gasteiger partial charge in [0.25, 0.3) is 0 Å². The molecule has 1 aromatic carbocycles. The number of carbonyl (C=O) groups excluding carboxylic acids is 1. The smallest absolute Gasteiger partial charge is 0.308 e. The molecule has 0 radical (unpaired) electrons. The Kier molecular flexibility index (Phi) is 5.99. The van der Waals surface area contributed by atoms with Gasteiger partial charge in [-0.3, -0.25) is 4.79 Å². The second-order valence-corrected chi connectivity index (χ2v) is 4.94. The SMILES string of the molecule is COC(=O)CC(O)CNCc1c(C)cc(C)cc1C. The highest BCUT2D eigenvalue weighted by Gasteiger charge is 2.11. The van der Waals surface area contributed by atoms with E-state index >= 15 is 0 Å². The minimum Gasteiger partial charge on any atom is -0.469 e. The van der Waals surface area contributed by atoms with Crippen molar-refractivity contribution >= 4 is 5.97 Å². The zero-order valence-corrected chi connectivity index (χ0v) is 12.1. The van der Waals surface area contributed by atoms with Crippen LogP contribution in [0.3, 0.4) is 0 Å². The number of hydrogen-bond acceptors (Lipinski definition) is 4. The topological polar surface area (TPSA) is 58.6 Å². The van der Waals surface area contributed by atoms with Gasteiger partial charge in [-0.05, 0) is 37.5 Å². The standard InChI is InChI=1S/C15H23NO3/c1-10-5-11(2)14(12(3)6-10)9-16-8-13(17)7-15(18)19-4/h5-6,13,16-17H,7-9H2,1-4H3. The summed E-state index contributed by atoms with van der Waals surface area (Å²) in [5.74, 6) is -0.392. The van der Waals surface area contributed by atoms with Crippen LogP contribution in [0.5, 0.6) is 0 Å². The minimum atomic E-state index is -0.710. The number of ether oxygens (including phenoxy) is 1. The van der Waals surface area contributed by atoms with E-state index in [9.17, 15) is 9.90 Å². The molecule has 0 saturated carbocycles. The molecule has 0 fully saturated rings. The molecule has 4 heteroatoms. The van der Waals surface area contributed by atoms with E-state index < -0.39 is 12.1 Å². The first kappa shape index (κ1) is 15.7. The molecule has 0 bridgehead atoms. The van der Waals surface area contributed by atoms with Crippen molar-refractivity contribution in [3.63, 3.8) is 0 Å². The number of esters is 1. The van der Waals surface area contributed by atoms with Crippen molar-refractivity contribution < 1.29 is 14.6 Å². The number of aliphatic hydroxyl groups excluding tert-OH is 1. The Labute approximate surface area is 114 Å². The Balaban J connectivity index is 2.47. The largest absolute Gasteiger partial charge is 0.469 e. The first-order valence-corrected chi connectivity index (χ1v) is 6.46. The Morgan fingerprint density at radius 3 is 2.42 bits per heavy atom. The molecule has 0 amide bonds. The molecule has 0 aromatic heterocycles. The van der Waals surface area contributed by atoms with E-state index in [4.69, 9.17) is 0 Å². The molecule has 4 nitrogen and oxygen atoms in total. The maximum atomic E-state index is 11.0. The first-order chi connectivity index (χ1) is 8.93. The molecule has 19 heavy (non-hydrogen) atoms. The monoisotopic (exact) mass is 265 g/mol. The number of hydrogen-bond donors (Lipinski definition) is 2. The zero-order chi connectivity index (χ0) is 14.4. The van der Waals surface area contributed by atoms with Crippen molar-refractivity contribution in [2.24, 2.45) is 0 Å². The van der Waals surface area contributed by atoms with Gasteiger partial charge >= 0.3 is 5.97 Å².